The van der Waals surface area contributed by atoms with Gasteiger partial charge in [0.2, 0.25) is 5.91 Å². The normalized spacial score (nSPS) is 14.0. The van der Waals surface area contributed by atoms with Crippen molar-refractivity contribution in [2.75, 3.05) is 5.32 Å². The molecule has 1 aromatic carbocycles. The van der Waals surface area contributed by atoms with Gasteiger partial charge in [-0.2, -0.15) is 0 Å². The van der Waals surface area contributed by atoms with Gasteiger partial charge in [-0.3, -0.25) is 9.78 Å². The Morgan fingerprint density at radius 2 is 2.12 bits per heavy atom. The zero-order valence-electron chi connectivity index (χ0n) is 13.8. The number of anilines is 1. The van der Waals surface area contributed by atoms with E-state index >= 15 is 0 Å². The number of phenols is 1. The molecule has 0 bridgehead atoms. The van der Waals surface area contributed by atoms with Crippen LogP contribution >= 0.6 is 11.8 Å². The van der Waals surface area contributed by atoms with E-state index in [4.69, 9.17) is 0 Å². The van der Waals surface area contributed by atoms with Crippen LogP contribution in [0.1, 0.15) is 23.7 Å². The number of amides is 1. The van der Waals surface area contributed by atoms with Crippen molar-refractivity contribution in [2.45, 2.75) is 32.4 Å². The minimum absolute atomic E-state index is 0.115. The van der Waals surface area contributed by atoms with Gasteiger partial charge in [0.1, 0.15) is 5.75 Å². The largest absolute Gasteiger partial charge is 0.508 e. The Morgan fingerprint density at radius 3 is 2.88 bits per heavy atom. The summed E-state index contributed by atoms with van der Waals surface area (Å²) in [4.78, 5) is 21.1. The molecule has 0 saturated heterocycles. The fraction of sp³-hybridized carbons (Fsp3) is 0.278. The second-order valence-corrected chi connectivity index (χ2v) is 7.30. The van der Waals surface area contributed by atoms with Gasteiger partial charge in [-0.1, -0.05) is 17.8 Å². The summed E-state index contributed by atoms with van der Waals surface area (Å²) in [7, 11) is 0. The Morgan fingerprint density at radius 1 is 1.33 bits per heavy atom. The van der Waals surface area contributed by atoms with Crippen LogP contribution in [0, 0.1) is 13.8 Å². The topological polar surface area (TPSA) is 74.6 Å². The van der Waals surface area contributed by atoms with Crippen molar-refractivity contribution in [3.63, 3.8) is 0 Å². The number of carbonyl (C=O) groups is 1. The van der Waals surface area contributed by atoms with E-state index in [0.29, 0.717) is 5.69 Å². The molecule has 3 rings (SSSR count). The lowest BCUT2D eigenvalue weighted by Crippen LogP contribution is -2.23. The van der Waals surface area contributed by atoms with Gasteiger partial charge in [-0.15, -0.1) is 0 Å². The molecule has 1 unspecified atom stereocenters. The van der Waals surface area contributed by atoms with E-state index in [1.54, 1.807) is 24.4 Å². The number of aryl methyl sites for hydroxylation is 2. The fourth-order valence-electron chi connectivity index (χ4n) is 2.44. The first-order valence-corrected chi connectivity index (χ1v) is 8.60. The molecular weight excluding hydrogens is 322 g/mol. The summed E-state index contributed by atoms with van der Waals surface area (Å²) >= 11 is 1.45. The van der Waals surface area contributed by atoms with Gasteiger partial charge >= 0.3 is 0 Å². The molecule has 5 nitrogen and oxygen atoms in total. The van der Waals surface area contributed by atoms with Gasteiger partial charge < -0.3 is 10.4 Å². The first-order chi connectivity index (χ1) is 11.4. The zero-order valence-corrected chi connectivity index (χ0v) is 14.6. The Hall–Kier alpha value is -2.34. The number of aliphatic imine (C=N–C) groups is 1. The number of aromatic nitrogens is 1. The van der Waals surface area contributed by atoms with Crippen LogP contribution in [0.25, 0.3) is 0 Å². The van der Waals surface area contributed by atoms with Crippen LogP contribution in [-0.2, 0) is 11.2 Å². The van der Waals surface area contributed by atoms with Gasteiger partial charge in [0, 0.05) is 23.9 Å². The number of rotatable bonds is 3. The van der Waals surface area contributed by atoms with Crippen molar-refractivity contribution in [3.05, 3.63) is 47.3 Å². The predicted molar refractivity (Wildman–Crippen MR) is 98.3 cm³/mol. The number of pyridine rings is 1. The van der Waals surface area contributed by atoms with Gasteiger partial charge in [-0.05, 0) is 44.0 Å². The SMILES string of the molecule is Cc1cc2c(cn1)N=C(SC(C)C(=O)Nc1ccc(C)c(O)c1)C2. The number of carbonyl (C=O) groups excluding carboxylic acids is 1. The Kier molecular flexibility index (Phi) is 4.57. The van der Waals surface area contributed by atoms with Crippen LogP contribution in [0.4, 0.5) is 11.4 Å². The van der Waals surface area contributed by atoms with Gasteiger partial charge in [-0.25, -0.2) is 4.99 Å². The summed E-state index contributed by atoms with van der Waals surface area (Å²) in [6.45, 7) is 5.62. The number of aromatic hydroxyl groups is 1. The van der Waals surface area contributed by atoms with E-state index in [1.807, 2.05) is 26.8 Å². The Labute approximate surface area is 145 Å². The van der Waals surface area contributed by atoms with Crippen LogP contribution < -0.4 is 5.32 Å². The van der Waals surface area contributed by atoms with Crippen LogP contribution in [0.2, 0.25) is 0 Å². The summed E-state index contributed by atoms with van der Waals surface area (Å²) in [5.41, 5.74) is 4.38. The molecule has 0 fully saturated rings. The van der Waals surface area contributed by atoms with Crippen molar-refractivity contribution >= 4 is 34.1 Å². The monoisotopic (exact) mass is 341 g/mol. The highest BCUT2D eigenvalue weighted by Crippen LogP contribution is 2.31. The average Bonchev–Trinajstić information content (AvgIpc) is 2.92. The van der Waals surface area contributed by atoms with Gasteiger partial charge in [0.15, 0.2) is 0 Å². The molecule has 6 heteroatoms. The summed E-state index contributed by atoms with van der Waals surface area (Å²) in [6, 6.07) is 7.14. The lowest BCUT2D eigenvalue weighted by atomic mass is 10.2. The molecule has 2 aromatic rings. The summed E-state index contributed by atoms with van der Waals surface area (Å²) in [5.74, 6) is 0.0582. The number of benzene rings is 1. The first-order valence-electron chi connectivity index (χ1n) is 7.72. The smallest absolute Gasteiger partial charge is 0.237 e. The third-order valence-electron chi connectivity index (χ3n) is 3.85. The van der Waals surface area contributed by atoms with Crippen LogP contribution in [0.3, 0.4) is 0 Å². The zero-order chi connectivity index (χ0) is 17.3. The predicted octanol–water partition coefficient (Wildman–Crippen LogP) is 3.75. The minimum atomic E-state index is -0.282. The average molecular weight is 341 g/mol. The second kappa shape index (κ2) is 6.65. The molecule has 1 aliphatic heterocycles. The number of phenolic OH excluding ortho intramolecular Hbond substituents is 1. The standard InChI is InChI=1S/C18H19N3O2S/c1-10-4-5-14(8-16(10)22)20-18(23)12(3)24-17-7-13-6-11(2)19-9-15(13)21-17/h4-6,8-9,12,22H,7H2,1-3H3,(H,20,23). The molecule has 0 spiro atoms. The number of thioether (sulfide) groups is 1. The third kappa shape index (κ3) is 3.59. The van der Waals surface area contributed by atoms with Crippen molar-refractivity contribution in [2.24, 2.45) is 4.99 Å². The van der Waals surface area contributed by atoms with Crippen LogP contribution in [0.15, 0.2) is 35.5 Å². The van der Waals surface area contributed by atoms with Crippen LogP contribution in [-0.4, -0.2) is 26.3 Å². The number of hydrogen-bond acceptors (Lipinski definition) is 5. The number of nitrogens with one attached hydrogen (secondary N) is 1. The van der Waals surface area contributed by atoms with E-state index < -0.39 is 0 Å². The highest BCUT2D eigenvalue weighted by molar-refractivity contribution is 8.15. The molecule has 1 amide bonds. The lowest BCUT2D eigenvalue weighted by molar-refractivity contribution is -0.115. The molecule has 2 heterocycles. The number of fused-ring (bicyclic) bond motifs is 1. The summed E-state index contributed by atoms with van der Waals surface area (Å²) in [5, 5.41) is 13.2. The highest BCUT2D eigenvalue weighted by atomic mass is 32.2. The number of nitrogens with zero attached hydrogens (tertiary/aromatic N) is 2. The maximum absolute atomic E-state index is 12.3. The molecule has 0 radical (unpaired) electrons. The summed E-state index contributed by atoms with van der Waals surface area (Å²) in [6.07, 6.45) is 2.52. The van der Waals surface area contributed by atoms with Crippen molar-refractivity contribution in [1.82, 2.24) is 4.98 Å². The first kappa shape index (κ1) is 16.5. The maximum atomic E-state index is 12.3. The second-order valence-electron chi connectivity index (χ2n) is 5.89. The molecule has 1 atom stereocenters. The van der Waals surface area contributed by atoms with Crippen molar-refractivity contribution < 1.29 is 9.90 Å². The quantitative estimate of drug-likeness (QED) is 0.891. The maximum Gasteiger partial charge on any atom is 0.237 e. The molecule has 2 N–H and O–H groups in total. The third-order valence-corrected chi connectivity index (χ3v) is 4.92. The van der Waals surface area contributed by atoms with E-state index in [1.165, 1.54) is 11.8 Å². The Balaban J connectivity index is 1.62. The molecule has 1 aliphatic rings. The molecule has 24 heavy (non-hydrogen) atoms. The van der Waals surface area contributed by atoms with E-state index in [2.05, 4.69) is 15.3 Å². The van der Waals surface area contributed by atoms with E-state index in [-0.39, 0.29) is 16.9 Å². The van der Waals surface area contributed by atoms with Crippen LogP contribution in [0.5, 0.6) is 5.75 Å². The molecule has 0 aliphatic carbocycles. The minimum Gasteiger partial charge on any atom is -0.508 e. The van der Waals surface area contributed by atoms with Gasteiger partial charge in [0.25, 0.3) is 0 Å². The van der Waals surface area contributed by atoms with E-state index in [9.17, 15) is 9.90 Å². The lowest BCUT2D eigenvalue weighted by Gasteiger charge is -2.12. The highest BCUT2D eigenvalue weighted by Gasteiger charge is 2.21. The molecule has 0 saturated carbocycles. The fourth-order valence-corrected chi connectivity index (χ4v) is 3.41. The summed E-state index contributed by atoms with van der Waals surface area (Å²) < 4.78 is 0. The Bertz CT molecular complexity index is 833. The number of hydrogen-bond donors (Lipinski definition) is 2. The van der Waals surface area contributed by atoms with Crippen molar-refractivity contribution in [1.29, 1.82) is 0 Å². The van der Waals surface area contributed by atoms with Crippen molar-refractivity contribution in [3.8, 4) is 5.75 Å². The van der Waals surface area contributed by atoms with Gasteiger partial charge in [0.05, 0.1) is 22.2 Å². The molecular formula is C18H19N3O2S. The van der Waals surface area contributed by atoms with E-state index in [0.717, 1.165) is 34.0 Å². The molecule has 1 aromatic heterocycles. The molecule has 124 valence electrons.